The molecule has 8 heteroatoms. The maximum atomic E-state index is 12.4. The first-order valence-electron chi connectivity index (χ1n) is 10.5. The highest BCUT2D eigenvalue weighted by Gasteiger charge is 2.12. The molecule has 0 saturated heterocycles. The van der Waals surface area contributed by atoms with Gasteiger partial charge in [0.25, 0.3) is 11.8 Å². The summed E-state index contributed by atoms with van der Waals surface area (Å²) in [5.74, 6) is -0.595. The van der Waals surface area contributed by atoms with Crippen molar-refractivity contribution in [2.75, 3.05) is 11.9 Å². The topological polar surface area (TPSA) is 116 Å². The lowest BCUT2D eigenvalue weighted by atomic mass is 10.1. The second-order valence-corrected chi connectivity index (χ2v) is 7.42. The van der Waals surface area contributed by atoms with E-state index >= 15 is 0 Å². The minimum Gasteiger partial charge on any atom is -0.360 e. The number of aromatic amines is 1. The van der Waals surface area contributed by atoms with Gasteiger partial charge in [-0.05, 0) is 35.9 Å². The maximum Gasteiger partial charge on any atom is 0.255 e. The molecule has 0 aliphatic heterocycles. The highest BCUT2D eigenvalue weighted by Crippen LogP contribution is 2.17. The second-order valence-electron chi connectivity index (χ2n) is 7.42. The normalized spacial score (nSPS) is 10.5. The Morgan fingerprint density at radius 3 is 2.39 bits per heavy atom. The first-order valence-corrected chi connectivity index (χ1v) is 10.5. The standard InChI is InChI=1S/C25H23N5O3/c31-23(11-14-27-25(33)21-16-28-22-4-2-1-3-20(21)22)29-15-17-5-7-19(8-6-17)30-24(32)18-9-12-26-13-10-18/h1-10,12-13,16,28H,11,14-15H2,(H,27,33)(H,29,31)(H,30,32). The number of para-hydroxylation sites is 1. The number of rotatable bonds is 8. The average molecular weight is 441 g/mol. The van der Waals surface area contributed by atoms with E-state index in [4.69, 9.17) is 0 Å². The number of H-pyrrole nitrogens is 1. The lowest BCUT2D eigenvalue weighted by molar-refractivity contribution is -0.121. The molecule has 8 nitrogen and oxygen atoms in total. The molecule has 2 aromatic carbocycles. The minimum absolute atomic E-state index is 0.163. The van der Waals surface area contributed by atoms with Crippen molar-refractivity contribution >= 4 is 34.3 Å². The number of pyridine rings is 1. The summed E-state index contributed by atoms with van der Waals surface area (Å²) in [6.07, 6.45) is 4.97. The number of hydrogen-bond donors (Lipinski definition) is 4. The fourth-order valence-electron chi connectivity index (χ4n) is 3.35. The van der Waals surface area contributed by atoms with Gasteiger partial charge in [0.2, 0.25) is 5.91 Å². The van der Waals surface area contributed by atoms with Gasteiger partial charge in [0, 0.05) is 60.3 Å². The summed E-state index contributed by atoms with van der Waals surface area (Å²) in [5, 5.41) is 9.28. The van der Waals surface area contributed by atoms with Gasteiger partial charge in [-0.15, -0.1) is 0 Å². The Bertz CT molecular complexity index is 1270. The highest BCUT2D eigenvalue weighted by atomic mass is 16.2. The fraction of sp³-hybridized carbons (Fsp3) is 0.120. The summed E-state index contributed by atoms with van der Waals surface area (Å²) in [5.41, 5.74) is 3.53. The summed E-state index contributed by atoms with van der Waals surface area (Å²) >= 11 is 0. The summed E-state index contributed by atoms with van der Waals surface area (Å²) in [4.78, 5) is 43.7. The van der Waals surface area contributed by atoms with Crippen molar-refractivity contribution in [3.8, 4) is 0 Å². The molecule has 2 heterocycles. The fourth-order valence-corrected chi connectivity index (χ4v) is 3.35. The molecule has 0 saturated carbocycles. The average Bonchev–Trinajstić information content (AvgIpc) is 3.28. The van der Waals surface area contributed by atoms with E-state index in [1.54, 1.807) is 42.9 Å². The Balaban J connectivity index is 1.20. The molecule has 4 rings (SSSR count). The Hall–Kier alpha value is -4.46. The molecule has 2 aromatic heterocycles. The van der Waals surface area contributed by atoms with Crippen LogP contribution in [0.3, 0.4) is 0 Å². The Morgan fingerprint density at radius 2 is 1.61 bits per heavy atom. The van der Waals surface area contributed by atoms with Crippen LogP contribution in [0, 0.1) is 0 Å². The molecule has 4 N–H and O–H groups in total. The van der Waals surface area contributed by atoms with Gasteiger partial charge in [0.1, 0.15) is 0 Å². The molecule has 0 aliphatic carbocycles. The van der Waals surface area contributed by atoms with Crippen molar-refractivity contribution in [1.82, 2.24) is 20.6 Å². The van der Waals surface area contributed by atoms with E-state index in [-0.39, 0.29) is 30.7 Å². The van der Waals surface area contributed by atoms with E-state index in [0.29, 0.717) is 23.4 Å². The SMILES string of the molecule is O=C(CCNC(=O)c1c[nH]c2ccccc12)NCc1ccc(NC(=O)c2ccncc2)cc1. The summed E-state index contributed by atoms with van der Waals surface area (Å²) in [7, 11) is 0. The monoisotopic (exact) mass is 441 g/mol. The van der Waals surface area contributed by atoms with Crippen LogP contribution in [0.4, 0.5) is 5.69 Å². The number of benzene rings is 2. The quantitative estimate of drug-likeness (QED) is 0.336. The second kappa shape index (κ2) is 10.2. The van der Waals surface area contributed by atoms with Crippen molar-refractivity contribution in [1.29, 1.82) is 0 Å². The molecule has 0 radical (unpaired) electrons. The Morgan fingerprint density at radius 1 is 0.848 bits per heavy atom. The van der Waals surface area contributed by atoms with E-state index in [0.717, 1.165) is 16.5 Å². The number of hydrogen-bond acceptors (Lipinski definition) is 4. The van der Waals surface area contributed by atoms with Crippen molar-refractivity contribution < 1.29 is 14.4 Å². The number of nitrogens with one attached hydrogen (secondary N) is 4. The van der Waals surface area contributed by atoms with Crippen LogP contribution in [0.2, 0.25) is 0 Å². The first-order chi connectivity index (χ1) is 16.1. The highest BCUT2D eigenvalue weighted by molar-refractivity contribution is 6.06. The molecule has 0 unspecified atom stereocenters. The zero-order valence-electron chi connectivity index (χ0n) is 17.8. The van der Waals surface area contributed by atoms with Crippen LogP contribution in [-0.4, -0.2) is 34.2 Å². The maximum absolute atomic E-state index is 12.4. The molecule has 0 aliphatic rings. The van der Waals surface area contributed by atoms with Crippen LogP contribution in [0.5, 0.6) is 0 Å². The molecular weight excluding hydrogens is 418 g/mol. The first kappa shape index (κ1) is 21.8. The van der Waals surface area contributed by atoms with E-state index in [2.05, 4.69) is 25.9 Å². The van der Waals surface area contributed by atoms with Gasteiger partial charge in [-0.3, -0.25) is 19.4 Å². The molecule has 0 spiro atoms. The molecule has 3 amide bonds. The summed E-state index contributed by atoms with van der Waals surface area (Å²) in [6, 6.07) is 18.1. The zero-order valence-corrected chi connectivity index (χ0v) is 17.8. The number of carbonyl (C=O) groups excluding carboxylic acids is 3. The molecule has 0 fully saturated rings. The van der Waals surface area contributed by atoms with Crippen LogP contribution in [0.1, 0.15) is 32.7 Å². The third-order valence-electron chi connectivity index (χ3n) is 5.12. The number of carbonyl (C=O) groups is 3. The van der Waals surface area contributed by atoms with Crippen LogP contribution in [0.15, 0.2) is 79.3 Å². The van der Waals surface area contributed by atoms with Crippen LogP contribution in [-0.2, 0) is 11.3 Å². The molecule has 166 valence electrons. The predicted molar refractivity (Wildman–Crippen MR) is 126 cm³/mol. The molecule has 4 aromatic rings. The van der Waals surface area contributed by atoms with Crippen LogP contribution >= 0.6 is 0 Å². The number of anilines is 1. The number of aromatic nitrogens is 2. The van der Waals surface area contributed by atoms with Crippen molar-refractivity contribution in [3.63, 3.8) is 0 Å². The molecule has 33 heavy (non-hydrogen) atoms. The summed E-state index contributed by atoms with van der Waals surface area (Å²) < 4.78 is 0. The third kappa shape index (κ3) is 5.62. The van der Waals surface area contributed by atoms with E-state index in [1.807, 2.05) is 36.4 Å². The van der Waals surface area contributed by atoms with Gasteiger partial charge in [-0.2, -0.15) is 0 Å². The number of amides is 3. The van der Waals surface area contributed by atoms with Gasteiger partial charge < -0.3 is 20.9 Å². The van der Waals surface area contributed by atoms with E-state index in [1.165, 1.54) is 0 Å². The van der Waals surface area contributed by atoms with Crippen molar-refractivity contribution in [2.45, 2.75) is 13.0 Å². The predicted octanol–water partition coefficient (Wildman–Crippen LogP) is 3.25. The number of nitrogens with zero attached hydrogens (tertiary/aromatic N) is 1. The van der Waals surface area contributed by atoms with Gasteiger partial charge in [-0.1, -0.05) is 30.3 Å². The van der Waals surface area contributed by atoms with Gasteiger partial charge in [0.15, 0.2) is 0 Å². The third-order valence-corrected chi connectivity index (χ3v) is 5.12. The van der Waals surface area contributed by atoms with Crippen molar-refractivity contribution in [3.05, 3.63) is 95.9 Å². The largest absolute Gasteiger partial charge is 0.360 e. The van der Waals surface area contributed by atoms with Gasteiger partial charge in [0.05, 0.1) is 5.56 Å². The van der Waals surface area contributed by atoms with Gasteiger partial charge >= 0.3 is 0 Å². The molecule has 0 atom stereocenters. The Kier molecular flexibility index (Phi) is 6.75. The Labute approximate surface area is 190 Å². The molecule has 0 bridgehead atoms. The van der Waals surface area contributed by atoms with Crippen LogP contribution < -0.4 is 16.0 Å². The summed E-state index contributed by atoms with van der Waals surface area (Å²) in [6.45, 7) is 0.595. The van der Waals surface area contributed by atoms with Crippen LogP contribution in [0.25, 0.3) is 10.9 Å². The minimum atomic E-state index is -0.218. The van der Waals surface area contributed by atoms with E-state index in [9.17, 15) is 14.4 Å². The zero-order chi connectivity index (χ0) is 23.0. The van der Waals surface area contributed by atoms with Gasteiger partial charge in [-0.25, -0.2) is 0 Å². The lowest BCUT2D eigenvalue weighted by Crippen LogP contribution is -2.30. The van der Waals surface area contributed by atoms with E-state index < -0.39 is 0 Å². The van der Waals surface area contributed by atoms with Crippen molar-refractivity contribution in [2.24, 2.45) is 0 Å². The lowest BCUT2D eigenvalue weighted by Gasteiger charge is -2.08. The smallest absolute Gasteiger partial charge is 0.255 e. The molecular formula is C25H23N5O3. The number of fused-ring (bicyclic) bond motifs is 1.